The van der Waals surface area contributed by atoms with Gasteiger partial charge in [0.2, 0.25) is 0 Å². The van der Waals surface area contributed by atoms with Gasteiger partial charge < -0.3 is 15.5 Å². The molecule has 2 N–H and O–H groups in total. The van der Waals surface area contributed by atoms with Gasteiger partial charge in [-0.05, 0) is 12.8 Å². The van der Waals surface area contributed by atoms with Crippen molar-refractivity contribution < 1.29 is 6.22 Å². The average molecular weight is 287 g/mol. The van der Waals surface area contributed by atoms with Crippen molar-refractivity contribution in [1.82, 2.24) is 15.5 Å². The van der Waals surface area contributed by atoms with E-state index < -0.39 is 0 Å². The molecule has 1 aliphatic heterocycles. The maximum Gasteiger partial charge on any atom is 0.317 e. The van der Waals surface area contributed by atoms with Crippen LogP contribution in [0.15, 0.2) is 0 Å². The van der Waals surface area contributed by atoms with Crippen LogP contribution in [0.4, 0.5) is 4.79 Å². The Morgan fingerprint density at radius 1 is 1.15 bits per heavy atom. The Morgan fingerprint density at radius 2 is 1.65 bits per heavy atom. The summed E-state index contributed by atoms with van der Waals surface area (Å²) in [7, 11) is 0. The van der Waals surface area contributed by atoms with E-state index in [9.17, 15) is 4.79 Å². The van der Waals surface area contributed by atoms with Gasteiger partial charge in [-0.3, -0.25) is 0 Å². The molecular formula is C16H37N3O. The largest absolute Gasteiger partial charge is 0.335 e. The predicted octanol–water partition coefficient (Wildman–Crippen LogP) is 3.62. The number of urea groups is 1. The van der Waals surface area contributed by atoms with Gasteiger partial charge in [-0.1, -0.05) is 53.4 Å². The molecule has 20 heavy (non-hydrogen) atoms. The van der Waals surface area contributed by atoms with E-state index in [0.29, 0.717) is 6.04 Å². The molecule has 0 unspecified atom stereocenters. The van der Waals surface area contributed by atoms with Crippen LogP contribution in [0.25, 0.3) is 0 Å². The standard InChI is InChI=1S/C11H21N3O.C3H8.C2H6.H2/c15-11(14-8-6-12-7-9-14)13-10-4-2-1-3-5-10;1-3-2;1-2;/h10,12H,1-9H2,(H,13,15);3H2,1-2H3;1-2H3;1H. The van der Waals surface area contributed by atoms with Crippen molar-refractivity contribution in [2.45, 2.75) is 72.3 Å². The summed E-state index contributed by atoms with van der Waals surface area (Å²) < 4.78 is 0. The highest BCUT2D eigenvalue weighted by Gasteiger charge is 2.20. The first-order valence-electron chi connectivity index (χ1n) is 8.54. The van der Waals surface area contributed by atoms with Crippen LogP contribution in [-0.2, 0) is 0 Å². The number of nitrogens with one attached hydrogen (secondary N) is 2. The van der Waals surface area contributed by atoms with Gasteiger partial charge in [-0.2, -0.15) is 0 Å². The van der Waals surface area contributed by atoms with Gasteiger partial charge in [0.05, 0.1) is 0 Å². The Kier molecular flexibility index (Phi) is 12.7. The summed E-state index contributed by atoms with van der Waals surface area (Å²) >= 11 is 0. The van der Waals surface area contributed by atoms with Gasteiger partial charge in [-0.25, -0.2) is 4.79 Å². The lowest BCUT2D eigenvalue weighted by Gasteiger charge is -2.31. The molecule has 0 spiro atoms. The van der Waals surface area contributed by atoms with Crippen LogP contribution >= 0.6 is 0 Å². The molecule has 1 heterocycles. The fraction of sp³-hybridized carbons (Fsp3) is 0.938. The molecule has 0 radical (unpaired) electrons. The third-order valence-corrected chi connectivity index (χ3v) is 3.34. The first-order chi connectivity index (χ1) is 9.77. The molecule has 2 amide bonds. The van der Waals surface area contributed by atoms with Crippen LogP contribution in [0.5, 0.6) is 0 Å². The van der Waals surface area contributed by atoms with Crippen LogP contribution in [0.1, 0.15) is 67.6 Å². The zero-order valence-corrected chi connectivity index (χ0v) is 14.0. The van der Waals surface area contributed by atoms with Crippen molar-refractivity contribution in [1.29, 1.82) is 0 Å². The Morgan fingerprint density at radius 3 is 2.15 bits per heavy atom. The lowest BCUT2D eigenvalue weighted by molar-refractivity contribution is 0.183. The molecule has 4 heteroatoms. The normalized spacial score (nSPS) is 19.1. The Labute approximate surface area is 127 Å². The second kappa shape index (κ2) is 13.2. The third-order valence-electron chi connectivity index (χ3n) is 3.34. The van der Waals surface area contributed by atoms with Gasteiger partial charge in [0.1, 0.15) is 0 Å². The molecule has 0 bridgehead atoms. The van der Waals surface area contributed by atoms with E-state index in [1.54, 1.807) is 0 Å². The molecule has 1 saturated heterocycles. The second-order valence-corrected chi connectivity index (χ2v) is 5.23. The Bertz CT molecular complexity index is 228. The summed E-state index contributed by atoms with van der Waals surface area (Å²) in [6.45, 7) is 11.8. The molecule has 0 atom stereocenters. The predicted molar refractivity (Wildman–Crippen MR) is 89.3 cm³/mol. The summed E-state index contributed by atoms with van der Waals surface area (Å²) in [5.41, 5.74) is 0. The molecule has 0 aromatic heterocycles. The quantitative estimate of drug-likeness (QED) is 0.773. The summed E-state index contributed by atoms with van der Waals surface area (Å²) in [6, 6.07) is 0.574. The highest BCUT2D eigenvalue weighted by Crippen LogP contribution is 2.17. The maximum atomic E-state index is 11.9. The van der Waals surface area contributed by atoms with Crippen molar-refractivity contribution in [3.63, 3.8) is 0 Å². The van der Waals surface area contributed by atoms with Crippen molar-refractivity contribution in [3.05, 3.63) is 0 Å². The van der Waals surface area contributed by atoms with E-state index in [1.165, 1.54) is 25.7 Å². The smallest absolute Gasteiger partial charge is 0.317 e. The molecule has 1 saturated carbocycles. The first-order valence-corrected chi connectivity index (χ1v) is 8.54. The highest BCUT2D eigenvalue weighted by atomic mass is 16.2. The number of rotatable bonds is 1. The fourth-order valence-electron chi connectivity index (χ4n) is 2.38. The fourth-order valence-corrected chi connectivity index (χ4v) is 2.38. The molecule has 2 rings (SSSR count). The second-order valence-electron chi connectivity index (χ2n) is 5.23. The zero-order chi connectivity index (χ0) is 15.2. The first kappa shape index (κ1) is 19.2. The minimum Gasteiger partial charge on any atom is -0.335 e. The van der Waals surface area contributed by atoms with Crippen LogP contribution in [0.2, 0.25) is 0 Å². The summed E-state index contributed by atoms with van der Waals surface area (Å²) in [4.78, 5) is 13.8. The monoisotopic (exact) mass is 287 g/mol. The number of hydrogen-bond acceptors (Lipinski definition) is 2. The van der Waals surface area contributed by atoms with E-state index in [-0.39, 0.29) is 7.46 Å². The maximum absolute atomic E-state index is 11.9. The van der Waals surface area contributed by atoms with Gasteiger partial charge in [0.15, 0.2) is 0 Å². The minimum absolute atomic E-state index is 0. The average Bonchev–Trinajstić information content (AvgIpc) is 2.52. The number of carbonyl (C=O) groups is 1. The van der Waals surface area contributed by atoms with Gasteiger partial charge in [0, 0.05) is 33.6 Å². The Hall–Kier alpha value is -0.770. The Balaban J connectivity index is 0. The molecule has 2 fully saturated rings. The van der Waals surface area contributed by atoms with Gasteiger partial charge >= 0.3 is 6.03 Å². The molecule has 122 valence electrons. The van der Waals surface area contributed by atoms with E-state index in [4.69, 9.17) is 0 Å². The van der Waals surface area contributed by atoms with E-state index in [0.717, 1.165) is 39.0 Å². The number of amides is 2. The van der Waals surface area contributed by atoms with Crippen molar-refractivity contribution >= 4 is 6.03 Å². The summed E-state index contributed by atoms with van der Waals surface area (Å²) in [5, 5.41) is 6.40. The third kappa shape index (κ3) is 8.41. The lowest BCUT2D eigenvalue weighted by atomic mass is 9.96. The van der Waals surface area contributed by atoms with Crippen molar-refractivity contribution in [3.8, 4) is 0 Å². The topological polar surface area (TPSA) is 44.4 Å². The molecule has 0 aromatic rings. The summed E-state index contributed by atoms with van der Waals surface area (Å²) in [6.07, 6.45) is 7.45. The van der Waals surface area contributed by atoms with Crippen molar-refractivity contribution in [2.24, 2.45) is 0 Å². The molecule has 2 aliphatic rings. The van der Waals surface area contributed by atoms with Crippen LogP contribution in [-0.4, -0.2) is 43.2 Å². The minimum atomic E-state index is 0. The van der Waals surface area contributed by atoms with Gasteiger partial charge in [-0.15, -0.1) is 0 Å². The molecule has 0 aromatic carbocycles. The SMILES string of the molecule is CC.CCC.O=C(NC1CCCCC1)N1CCNCC1.[HH]. The lowest BCUT2D eigenvalue weighted by Crippen LogP contribution is -2.52. The molecule has 4 nitrogen and oxygen atoms in total. The van der Waals surface area contributed by atoms with E-state index >= 15 is 0 Å². The number of nitrogens with zero attached hydrogens (tertiary/aromatic N) is 1. The van der Waals surface area contributed by atoms with E-state index in [1.807, 2.05) is 18.7 Å². The summed E-state index contributed by atoms with van der Waals surface area (Å²) in [5.74, 6) is 0. The highest BCUT2D eigenvalue weighted by molar-refractivity contribution is 5.74. The zero-order valence-electron chi connectivity index (χ0n) is 14.0. The van der Waals surface area contributed by atoms with E-state index in [2.05, 4.69) is 24.5 Å². The molecular weight excluding hydrogens is 250 g/mol. The number of carbonyl (C=O) groups excluding carboxylic acids is 1. The van der Waals surface area contributed by atoms with Crippen LogP contribution < -0.4 is 10.6 Å². The molecule has 1 aliphatic carbocycles. The number of piperazine rings is 1. The van der Waals surface area contributed by atoms with Crippen LogP contribution in [0, 0.1) is 0 Å². The van der Waals surface area contributed by atoms with Crippen LogP contribution in [0.3, 0.4) is 0 Å². The van der Waals surface area contributed by atoms with Crippen molar-refractivity contribution in [2.75, 3.05) is 26.2 Å². The number of hydrogen-bond donors (Lipinski definition) is 2. The van der Waals surface area contributed by atoms with Gasteiger partial charge in [0.25, 0.3) is 0 Å².